The van der Waals surface area contributed by atoms with Crippen molar-refractivity contribution in [3.63, 3.8) is 0 Å². The largest absolute Gasteiger partial charge is 0.481 e. The number of rotatable bonds is 4. The van der Waals surface area contributed by atoms with Gasteiger partial charge in [-0.25, -0.2) is 5.01 Å². The zero-order valence-corrected chi connectivity index (χ0v) is 17.3. The molecule has 0 fully saturated rings. The van der Waals surface area contributed by atoms with Crippen molar-refractivity contribution >= 4 is 40.2 Å². The lowest BCUT2D eigenvalue weighted by atomic mass is 9.77. The number of halogens is 1. The highest BCUT2D eigenvalue weighted by molar-refractivity contribution is 6.30. The Labute approximate surface area is 183 Å². The molecule has 2 heterocycles. The van der Waals surface area contributed by atoms with E-state index in [1.807, 2.05) is 36.4 Å². The SMILES string of the molecule is O=C(O)CCC(=O)N1N=C2c3ccc(Cl)cc3CCC2C1c1ccc2nccnc2c1. The van der Waals surface area contributed by atoms with Crippen LogP contribution in [0.4, 0.5) is 0 Å². The van der Waals surface area contributed by atoms with Crippen LogP contribution in [0.5, 0.6) is 0 Å². The maximum absolute atomic E-state index is 13.0. The molecule has 0 spiro atoms. The van der Waals surface area contributed by atoms with Gasteiger partial charge in [0.05, 0.1) is 29.2 Å². The number of hydrazone groups is 1. The van der Waals surface area contributed by atoms with Crippen LogP contribution < -0.4 is 0 Å². The minimum absolute atomic E-state index is 0.0107. The van der Waals surface area contributed by atoms with Gasteiger partial charge < -0.3 is 5.11 Å². The number of fused-ring (bicyclic) bond motifs is 4. The number of benzene rings is 2. The third-order valence-electron chi connectivity index (χ3n) is 5.92. The zero-order chi connectivity index (χ0) is 21.5. The van der Waals surface area contributed by atoms with Gasteiger partial charge in [-0.1, -0.05) is 23.7 Å². The number of hydrogen-bond donors (Lipinski definition) is 1. The average molecular weight is 435 g/mol. The van der Waals surface area contributed by atoms with Gasteiger partial charge in [0.25, 0.3) is 0 Å². The van der Waals surface area contributed by atoms with E-state index in [-0.39, 0.29) is 30.7 Å². The summed E-state index contributed by atoms with van der Waals surface area (Å²) in [6, 6.07) is 11.2. The molecule has 2 aliphatic rings. The van der Waals surface area contributed by atoms with E-state index in [0.29, 0.717) is 5.02 Å². The number of carboxylic acids is 1. The predicted molar refractivity (Wildman–Crippen MR) is 116 cm³/mol. The van der Waals surface area contributed by atoms with E-state index in [4.69, 9.17) is 21.8 Å². The normalized spacial score (nSPS) is 19.6. The maximum Gasteiger partial charge on any atom is 0.303 e. The van der Waals surface area contributed by atoms with Crippen molar-refractivity contribution in [2.45, 2.75) is 31.7 Å². The number of carboxylic acid groups (broad SMARTS) is 1. The lowest BCUT2D eigenvalue weighted by Gasteiger charge is -2.29. The van der Waals surface area contributed by atoms with Gasteiger partial charge in [-0.15, -0.1) is 0 Å². The molecule has 1 aliphatic heterocycles. The fourth-order valence-electron chi connectivity index (χ4n) is 4.53. The molecule has 156 valence electrons. The maximum atomic E-state index is 13.0. The zero-order valence-electron chi connectivity index (χ0n) is 16.5. The van der Waals surface area contributed by atoms with Crippen LogP contribution in [0.2, 0.25) is 5.02 Å². The molecule has 1 aliphatic carbocycles. The van der Waals surface area contributed by atoms with Gasteiger partial charge in [-0.3, -0.25) is 19.6 Å². The van der Waals surface area contributed by atoms with Gasteiger partial charge in [-0.2, -0.15) is 5.10 Å². The Hall–Kier alpha value is -3.32. The van der Waals surface area contributed by atoms with Crippen LogP contribution in [0, 0.1) is 5.92 Å². The smallest absolute Gasteiger partial charge is 0.303 e. The van der Waals surface area contributed by atoms with E-state index in [9.17, 15) is 9.59 Å². The molecule has 0 bridgehead atoms. The number of nitrogens with zero attached hydrogens (tertiary/aromatic N) is 4. The Morgan fingerprint density at radius 2 is 1.87 bits per heavy atom. The monoisotopic (exact) mass is 434 g/mol. The van der Waals surface area contributed by atoms with Gasteiger partial charge in [0.15, 0.2) is 0 Å². The highest BCUT2D eigenvalue weighted by Crippen LogP contribution is 2.44. The molecule has 1 N–H and O–H groups in total. The molecule has 2 aromatic carbocycles. The Balaban J connectivity index is 1.58. The molecule has 2 unspecified atom stereocenters. The highest BCUT2D eigenvalue weighted by Gasteiger charge is 2.43. The summed E-state index contributed by atoms with van der Waals surface area (Å²) in [4.78, 5) is 32.8. The van der Waals surface area contributed by atoms with Crippen molar-refractivity contribution in [2.24, 2.45) is 11.0 Å². The molecular weight excluding hydrogens is 416 g/mol. The summed E-state index contributed by atoms with van der Waals surface area (Å²) in [6.45, 7) is 0. The number of aromatic nitrogens is 2. The molecule has 3 aromatic rings. The summed E-state index contributed by atoms with van der Waals surface area (Å²) in [7, 11) is 0. The van der Waals surface area contributed by atoms with Gasteiger partial charge >= 0.3 is 5.97 Å². The number of amides is 1. The average Bonchev–Trinajstić information content (AvgIpc) is 3.17. The number of aliphatic carboxylic acids is 1. The van der Waals surface area contributed by atoms with Crippen LogP contribution in [-0.2, 0) is 16.0 Å². The van der Waals surface area contributed by atoms with Crippen molar-refractivity contribution in [1.82, 2.24) is 15.0 Å². The van der Waals surface area contributed by atoms with Crippen molar-refractivity contribution in [1.29, 1.82) is 0 Å². The first-order chi connectivity index (χ1) is 15.0. The topological polar surface area (TPSA) is 95.8 Å². The third-order valence-corrected chi connectivity index (χ3v) is 6.16. The molecule has 1 amide bonds. The predicted octanol–water partition coefficient (Wildman–Crippen LogP) is 4.00. The van der Waals surface area contributed by atoms with Crippen molar-refractivity contribution in [2.75, 3.05) is 0 Å². The summed E-state index contributed by atoms with van der Waals surface area (Å²) in [5.74, 6) is -1.30. The van der Waals surface area contributed by atoms with E-state index >= 15 is 0 Å². The lowest BCUT2D eigenvalue weighted by Crippen LogP contribution is -2.32. The molecule has 0 saturated carbocycles. The first kappa shape index (κ1) is 19.6. The van der Waals surface area contributed by atoms with E-state index < -0.39 is 5.97 Å². The molecule has 7 nitrogen and oxygen atoms in total. The first-order valence-electron chi connectivity index (χ1n) is 10.1. The van der Waals surface area contributed by atoms with Crippen LogP contribution >= 0.6 is 11.6 Å². The quantitative estimate of drug-likeness (QED) is 0.669. The second kappa shape index (κ2) is 7.74. The summed E-state index contributed by atoms with van der Waals surface area (Å²) in [6.07, 6.45) is 4.60. The summed E-state index contributed by atoms with van der Waals surface area (Å²) in [5, 5.41) is 15.9. The van der Waals surface area contributed by atoms with Gasteiger partial charge in [0.1, 0.15) is 0 Å². The fourth-order valence-corrected chi connectivity index (χ4v) is 4.72. The van der Waals surface area contributed by atoms with Crippen molar-refractivity contribution < 1.29 is 14.7 Å². The Morgan fingerprint density at radius 1 is 1.06 bits per heavy atom. The van der Waals surface area contributed by atoms with E-state index in [1.54, 1.807) is 12.4 Å². The molecular formula is C23H19ClN4O3. The summed E-state index contributed by atoms with van der Waals surface area (Å²) in [5.41, 5.74) is 5.40. The van der Waals surface area contributed by atoms with Crippen LogP contribution in [-0.4, -0.2) is 37.7 Å². The first-order valence-corrected chi connectivity index (χ1v) is 10.5. The van der Waals surface area contributed by atoms with E-state index in [0.717, 1.165) is 46.3 Å². The summed E-state index contributed by atoms with van der Waals surface area (Å²) >= 11 is 6.18. The second-order valence-electron chi connectivity index (χ2n) is 7.81. The highest BCUT2D eigenvalue weighted by atomic mass is 35.5. The molecule has 0 saturated heterocycles. The number of aryl methyl sites for hydroxylation is 1. The molecule has 1 aromatic heterocycles. The van der Waals surface area contributed by atoms with E-state index in [1.165, 1.54) is 5.01 Å². The number of carbonyl (C=O) groups excluding carboxylic acids is 1. The van der Waals surface area contributed by atoms with Crippen LogP contribution in [0.15, 0.2) is 53.9 Å². The minimum atomic E-state index is -1.00. The minimum Gasteiger partial charge on any atom is -0.481 e. The molecule has 5 rings (SSSR count). The Kier molecular flexibility index (Phi) is 4.90. The fraction of sp³-hybridized carbons (Fsp3) is 0.261. The molecule has 31 heavy (non-hydrogen) atoms. The Morgan fingerprint density at radius 3 is 2.68 bits per heavy atom. The lowest BCUT2D eigenvalue weighted by molar-refractivity contribution is -0.141. The standard InChI is InChI=1S/C23H19ClN4O3/c24-15-3-5-16-13(11-15)1-4-17-22(16)27-28(20(29)7-8-21(30)31)23(17)14-2-6-18-19(12-14)26-10-9-25-18/h2-3,5-6,9-12,17,23H,1,4,7-8H2,(H,30,31). The van der Waals surface area contributed by atoms with Crippen LogP contribution in [0.1, 0.15) is 42.0 Å². The number of carbonyl (C=O) groups is 2. The van der Waals surface area contributed by atoms with Gasteiger partial charge in [-0.05, 0) is 48.2 Å². The second-order valence-corrected chi connectivity index (χ2v) is 8.25. The number of hydrogen-bond acceptors (Lipinski definition) is 5. The molecule has 0 radical (unpaired) electrons. The third kappa shape index (κ3) is 3.55. The van der Waals surface area contributed by atoms with Crippen LogP contribution in [0.25, 0.3) is 11.0 Å². The van der Waals surface area contributed by atoms with Crippen molar-refractivity contribution in [3.8, 4) is 0 Å². The van der Waals surface area contributed by atoms with Gasteiger partial charge in [0.2, 0.25) is 5.91 Å². The summed E-state index contributed by atoms with van der Waals surface area (Å²) < 4.78 is 0. The van der Waals surface area contributed by atoms with Gasteiger partial charge in [0, 0.05) is 35.3 Å². The molecule has 2 atom stereocenters. The van der Waals surface area contributed by atoms with E-state index in [2.05, 4.69) is 9.97 Å². The van der Waals surface area contributed by atoms with Crippen LogP contribution in [0.3, 0.4) is 0 Å². The Bertz CT molecular complexity index is 1240. The molecule has 8 heteroatoms. The van der Waals surface area contributed by atoms with Crippen molar-refractivity contribution in [3.05, 3.63) is 70.5 Å².